The molecule has 0 bridgehead atoms. The van der Waals surface area contributed by atoms with E-state index in [1.54, 1.807) is 31.1 Å². The van der Waals surface area contributed by atoms with Gasteiger partial charge in [-0.15, -0.1) is 11.3 Å². The lowest BCUT2D eigenvalue weighted by Gasteiger charge is -2.25. The summed E-state index contributed by atoms with van der Waals surface area (Å²) in [5.41, 5.74) is 0.565. The highest BCUT2D eigenvalue weighted by molar-refractivity contribution is 7.91. The number of carboxylic acids is 1. The van der Waals surface area contributed by atoms with Crippen LogP contribution in [0.3, 0.4) is 0 Å². The van der Waals surface area contributed by atoms with E-state index in [9.17, 15) is 17.6 Å². The Morgan fingerprint density at radius 2 is 2.08 bits per heavy atom. The van der Waals surface area contributed by atoms with Gasteiger partial charge in [-0.05, 0) is 37.9 Å². The number of likely N-dealkylation sites (N-methyl/N-ethyl adjacent to an activating group) is 1. The van der Waals surface area contributed by atoms with E-state index < -0.39 is 21.8 Å². The molecule has 130 valence electrons. The van der Waals surface area contributed by atoms with Gasteiger partial charge >= 0.3 is 5.97 Å². The molecular formula is C15H17FN2O4S2. The molecule has 0 aliphatic carbocycles. The molecule has 0 saturated carbocycles. The van der Waals surface area contributed by atoms with Crippen LogP contribution in [0.15, 0.2) is 39.9 Å². The maximum atomic E-state index is 13.4. The van der Waals surface area contributed by atoms with E-state index in [4.69, 9.17) is 5.11 Å². The van der Waals surface area contributed by atoms with Crippen LogP contribution in [0.5, 0.6) is 0 Å². The zero-order chi connectivity index (χ0) is 17.9. The van der Waals surface area contributed by atoms with Gasteiger partial charge < -0.3 is 10.0 Å². The fourth-order valence-corrected chi connectivity index (χ4v) is 4.38. The highest BCUT2D eigenvalue weighted by atomic mass is 32.2. The van der Waals surface area contributed by atoms with E-state index in [-0.39, 0.29) is 22.4 Å². The van der Waals surface area contributed by atoms with Gasteiger partial charge in [-0.25, -0.2) is 22.3 Å². The van der Waals surface area contributed by atoms with Crippen LogP contribution in [-0.2, 0) is 10.0 Å². The summed E-state index contributed by atoms with van der Waals surface area (Å²) in [6.07, 6.45) is 0. The molecule has 0 spiro atoms. The average molecular weight is 372 g/mol. The van der Waals surface area contributed by atoms with Crippen LogP contribution in [0, 0.1) is 5.82 Å². The first-order valence-corrected chi connectivity index (χ1v) is 9.30. The van der Waals surface area contributed by atoms with Gasteiger partial charge in [0.05, 0.1) is 5.56 Å². The summed E-state index contributed by atoms with van der Waals surface area (Å²) in [6, 6.07) is 6.70. The Morgan fingerprint density at radius 3 is 2.62 bits per heavy atom. The second kappa shape index (κ2) is 7.39. The van der Waals surface area contributed by atoms with Crippen LogP contribution in [-0.4, -0.2) is 45.0 Å². The molecule has 1 unspecified atom stereocenters. The first-order valence-electron chi connectivity index (χ1n) is 6.94. The first-order chi connectivity index (χ1) is 11.2. The minimum Gasteiger partial charge on any atom is -0.478 e. The van der Waals surface area contributed by atoms with Crippen LogP contribution in [0.4, 0.5) is 4.39 Å². The van der Waals surface area contributed by atoms with E-state index in [2.05, 4.69) is 4.72 Å². The highest BCUT2D eigenvalue weighted by Crippen LogP contribution is 2.22. The number of aromatic carboxylic acids is 1. The van der Waals surface area contributed by atoms with Gasteiger partial charge in [-0.1, -0.05) is 12.1 Å². The lowest BCUT2D eigenvalue weighted by molar-refractivity contribution is 0.0697. The maximum absolute atomic E-state index is 13.4. The van der Waals surface area contributed by atoms with E-state index in [1.165, 1.54) is 17.5 Å². The van der Waals surface area contributed by atoms with Gasteiger partial charge in [-0.2, -0.15) is 0 Å². The lowest BCUT2D eigenvalue weighted by Crippen LogP contribution is -2.34. The third kappa shape index (κ3) is 4.38. The quantitative estimate of drug-likeness (QED) is 0.778. The number of hydrogen-bond donors (Lipinski definition) is 2. The number of nitrogens with zero attached hydrogens (tertiary/aromatic N) is 1. The minimum absolute atomic E-state index is 0.0269. The van der Waals surface area contributed by atoms with Crippen molar-refractivity contribution in [3.05, 3.63) is 52.7 Å². The molecule has 1 atom stereocenters. The van der Waals surface area contributed by atoms with Gasteiger partial charge in [0.1, 0.15) is 10.0 Å². The SMILES string of the molecule is CN(C)C(CNS(=O)(=O)c1cc(C(=O)O)cs1)c1cccc(F)c1. The van der Waals surface area contributed by atoms with E-state index in [1.807, 2.05) is 0 Å². The Hall–Kier alpha value is -1.81. The number of hydrogen-bond acceptors (Lipinski definition) is 5. The van der Waals surface area contributed by atoms with Crippen LogP contribution in [0.2, 0.25) is 0 Å². The lowest BCUT2D eigenvalue weighted by atomic mass is 10.1. The van der Waals surface area contributed by atoms with Crippen LogP contribution >= 0.6 is 11.3 Å². The summed E-state index contributed by atoms with van der Waals surface area (Å²) in [7, 11) is -0.312. The number of halogens is 1. The summed E-state index contributed by atoms with van der Waals surface area (Å²) in [4.78, 5) is 12.6. The summed E-state index contributed by atoms with van der Waals surface area (Å²) in [6.45, 7) is 0.0269. The summed E-state index contributed by atoms with van der Waals surface area (Å²) in [5.74, 6) is -1.58. The number of carbonyl (C=O) groups is 1. The minimum atomic E-state index is -3.83. The predicted octanol–water partition coefficient (Wildman–Crippen LogP) is 2.17. The molecule has 0 aliphatic heterocycles. The smallest absolute Gasteiger partial charge is 0.336 e. The van der Waals surface area contributed by atoms with Crippen LogP contribution in [0.25, 0.3) is 0 Å². The first kappa shape index (κ1) is 18.5. The van der Waals surface area contributed by atoms with Gasteiger partial charge in [0.15, 0.2) is 0 Å². The number of carboxylic acid groups (broad SMARTS) is 1. The van der Waals surface area contributed by atoms with E-state index in [0.29, 0.717) is 5.56 Å². The number of rotatable bonds is 7. The molecule has 1 heterocycles. The molecule has 1 aromatic carbocycles. The van der Waals surface area contributed by atoms with Crippen molar-refractivity contribution < 1.29 is 22.7 Å². The Morgan fingerprint density at radius 1 is 1.38 bits per heavy atom. The van der Waals surface area contributed by atoms with Crippen molar-refractivity contribution in [2.24, 2.45) is 0 Å². The zero-order valence-electron chi connectivity index (χ0n) is 13.1. The largest absolute Gasteiger partial charge is 0.478 e. The van der Waals surface area contributed by atoms with Crippen molar-refractivity contribution in [1.82, 2.24) is 9.62 Å². The second-order valence-electron chi connectivity index (χ2n) is 5.35. The topological polar surface area (TPSA) is 86.7 Å². The van der Waals surface area contributed by atoms with Gasteiger partial charge in [-0.3, -0.25) is 0 Å². The number of sulfonamides is 1. The van der Waals surface area contributed by atoms with E-state index >= 15 is 0 Å². The Kier molecular flexibility index (Phi) is 5.70. The number of nitrogens with one attached hydrogen (secondary N) is 1. The van der Waals surface area contributed by atoms with E-state index in [0.717, 1.165) is 17.4 Å². The summed E-state index contributed by atoms with van der Waals surface area (Å²) in [5, 5.41) is 10.1. The van der Waals surface area contributed by atoms with Gasteiger partial charge in [0.2, 0.25) is 10.0 Å². The summed E-state index contributed by atoms with van der Waals surface area (Å²) < 4.78 is 40.4. The van der Waals surface area contributed by atoms with Crippen molar-refractivity contribution >= 4 is 27.3 Å². The average Bonchev–Trinajstić information content (AvgIpc) is 2.98. The predicted molar refractivity (Wildman–Crippen MR) is 89.3 cm³/mol. The Balaban J connectivity index is 2.17. The monoisotopic (exact) mass is 372 g/mol. The van der Waals surface area contributed by atoms with Crippen molar-refractivity contribution in [1.29, 1.82) is 0 Å². The fraction of sp³-hybridized carbons (Fsp3) is 0.267. The number of benzene rings is 1. The number of thiophene rings is 1. The third-order valence-electron chi connectivity index (χ3n) is 3.41. The third-order valence-corrected chi connectivity index (χ3v) is 6.27. The molecular weight excluding hydrogens is 355 g/mol. The summed E-state index contributed by atoms with van der Waals surface area (Å²) >= 11 is 0.838. The normalized spacial score (nSPS) is 13.2. The van der Waals surface area contributed by atoms with Crippen LogP contribution < -0.4 is 4.72 Å². The van der Waals surface area contributed by atoms with Gasteiger partial charge in [0, 0.05) is 18.0 Å². The maximum Gasteiger partial charge on any atom is 0.336 e. The standard InChI is InChI=1S/C15H17FN2O4S2/c1-18(2)13(10-4-3-5-12(16)6-10)8-17-24(21,22)14-7-11(9-23-14)15(19)20/h3-7,9,13,17H,8H2,1-2H3,(H,19,20). The Labute approximate surface area is 143 Å². The molecule has 0 amide bonds. The van der Waals surface area contributed by atoms with Crippen molar-refractivity contribution in [3.63, 3.8) is 0 Å². The molecule has 6 nitrogen and oxygen atoms in total. The van der Waals surface area contributed by atoms with Crippen LogP contribution in [0.1, 0.15) is 22.0 Å². The molecule has 0 aliphatic rings. The molecule has 1 aromatic heterocycles. The van der Waals surface area contributed by atoms with Crippen molar-refractivity contribution in [3.8, 4) is 0 Å². The molecule has 9 heteroatoms. The molecule has 0 radical (unpaired) electrons. The van der Waals surface area contributed by atoms with Gasteiger partial charge in [0.25, 0.3) is 0 Å². The molecule has 2 rings (SSSR count). The molecule has 2 aromatic rings. The Bertz CT molecular complexity index is 834. The van der Waals surface area contributed by atoms with Crippen molar-refractivity contribution in [2.45, 2.75) is 10.3 Å². The van der Waals surface area contributed by atoms with Crippen molar-refractivity contribution in [2.75, 3.05) is 20.6 Å². The second-order valence-corrected chi connectivity index (χ2v) is 8.25. The molecule has 2 N–H and O–H groups in total. The molecule has 24 heavy (non-hydrogen) atoms. The molecule has 0 saturated heterocycles. The highest BCUT2D eigenvalue weighted by Gasteiger charge is 2.22. The molecule has 0 fully saturated rings. The fourth-order valence-electron chi connectivity index (χ4n) is 2.14. The zero-order valence-corrected chi connectivity index (χ0v) is 14.7.